The summed E-state index contributed by atoms with van der Waals surface area (Å²) >= 11 is 3.18. The average molecular weight is 351 g/mol. The Morgan fingerprint density at radius 3 is 2.48 bits per heavy atom. The fraction of sp³-hybridized carbons (Fsp3) is 0. The third-order valence-electron chi connectivity index (χ3n) is 2.82. The maximum atomic E-state index is 13.3. The van der Waals surface area contributed by atoms with E-state index >= 15 is 0 Å². The molecule has 0 unspecified atom stereocenters. The van der Waals surface area contributed by atoms with Gasteiger partial charge in [0.2, 0.25) is 5.82 Å². The number of aromatic hydroxyl groups is 2. The summed E-state index contributed by atoms with van der Waals surface area (Å²) in [4.78, 5) is 4.14. The highest BCUT2D eigenvalue weighted by atomic mass is 79.9. The first-order chi connectivity index (χ1) is 10.0. The second kappa shape index (κ2) is 5.17. The van der Waals surface area contributed by atoms with Gasteiger partial charge in [-0.2, -0.15) is 4.98 Å². The first-order valence-corrected chi connectivity index (χ1v) is 6.65. The van der Waals surface area contributed by atoms with Crippen LogP contribution < -0.4 is 0 Å². The quantitative estimate of drug-likeness (QED) is 0.736. The molecule has 1 aromatic heterocycles. The maximum Gasteiger partial charge on any atom is 0.258 e. The van der Waals surface area contributed by atoms with Crippen LogP contribution in [0.3, 0.4) is 0 Å². The number of hydrogen-bond donors (Lipinski definition) is 2. The normalized spacial score (nSPS) is 10.8. The Kier molecular flexibility index (Phi) is 3.34. The van der Waals surface area contributed by atoms with Gasteiger partial charge < -0.3 is 14.7 Å². The van der Waals surface area contributed by atoms with Gasteiger partial charge >= 0.3 is 0 Å². The van der Waals surface area contributed by atoms with Crippen molar-refractivity contribution in [3.63, 3.8) is 0 Å². The zero-order chi connectivity index (χ0) is 15.0. The van der Waals surface area contributed by atoms with Crippen molar-refractivity contribution in [1.29, 1.82) is 0 Å². The van der Waals surface area contributed by atoms with Gasteiger partial charge in [-0.15, -0.1) is 0 Å². The molecule has 0 aliphatic heterocycles. The highest BCUT2D eigenvalue weighted by molar-refractivity contribution is 9.10. The summed E-state index contributed by atoms with van der Waals surface area (Å²) in [5.74, 6) is -0.782. The molecule has 0 amide bonds. The van der Waals surface area contributed by atoms with Gasteiger partial charge in [-0.25, -0.2) is 4.39 Å². The number of hydrogen-bond acceptors (Lipinski definition) is 5. The molecule has 106 valence electrons. The van der Waals surface area contributed by atoms with E-state index in [0.29, 0.717) is 15.6 Å². The van der Waals surface area contributed by atoms with E-state index in [0.717, 1.165) is 6.07 Å². The van der Waals surface area contributed by atoms with Crippen LogP contribution in [-0.4, -0.2) is 20.4 Å². The highest BCUT2D eigenvalue weighted by Crippen LogP contribution is 2.30. The molecule has 0 fully saturated rings. The Hall–Kier alpha value is -2.41. The Labute approximate surface area is 126 Å². The maximum absolute atomic E-state index is 13.3. The molecular formula is C14H8BrFN2O3. The van der Waals surface area contributed by atoms with E-state index in [9.17, 15) is 9.50 Å². The van der Waals surface area contributed by atoms with Crippen molar-refractivity contribution in [3.8, 4) is 34.3 Å². The molecule has 0 bridgehead atoms. The van der Waals surface area contributed by atoms with Crippen LogP contribution >= 0.6 is 15.9 Å². The fourth-order valence-electron chi connectivity index (χ4n) is 1.75. The van der Waals surface area contributed by atoms with E-state index in [1.54, 1.807) is 12.1 Å². The number of phenols is 2. The van der Waals surface area contributed by atoms with E-state index in [-0.39, 0.29) is 17.5 Å². The molecule has 5 nitrogen and oxygen atoms in total. The minimum Gasteiger partial charge on any atom is -0.507 e. The predicted octanol–water partition coefficient (Wildman–Crippen LogP) is 3.72. The lowest BCUT2D eigenvalue weighted by atomic mass is 10.2. The molecule has 0 saturated carbocycles. The second-order valence-corrected chi connectivity index (χ2v) is 5.11. The Morgan fingerprint density at radius 2 is 1.76 bits per heavy atom. The molecule has 0 radical (unpaired) electrons. The van der Waals surface area contributed by atoms with Crippen LogP contribution in [-0.2, 0) is 0 Å². The van der Waals surface area contributed by atoms with Crippen LogP contribution in [0.1, 0.15) is 0 Å². The highest BCUT2D eigenvalue weighted by Gasteiger charge is 2.13. The molecule has 7 heteroatoms. The number of aromatic nitrogens is 2. The molecule has 0 aliphatic rings. The van der Waals surface area contributed by atoms with Crippen molar-refractivity contribution >= 4 is 15.9 Å². The van der Waals surface area contributed by atoms with Gasteiger partial charge in [0.1, 0.15) is 5.75 Å². The zero-order valence-corrected chi connectivity index (χ0v) is 12.0. The number of phenolic OH excluding ortho intramolecular Hbond substituents is 2. The summed E-state index contributed by atoms with van der Waals surface area (Å²) < 4.78 is 19.0. The van der Waals surface area contributed by atoms with Gasteiger partial charge in [-0.05, 0) is 52.3 Å². The van der Waals surface area contributed by atoms with Crippen molar-refractivity contribution in [2.45, 2.75) is 0 Å². The van der Waals surface area contributed by atoms with Crippen LogP contribution in [0.25, 0.3) is 22.8 Å². The second-order valence-electron chi connectivity index (χ2n) is 4.26. The van der Waals surface area contributed by atoms with Crippen molar-refractivity contribution in [2.24, 2.45) is 0 Å². The van der Waals surface area contributed by atoms with Crippen molar-refractivity contribution in [3.05, 3.63) is 46.7 Å². The molecule has 3 aromatic rings. The molecule has 1 heterocycles. The summed E-state index contributed by atoms with van der Waals surface area (Å²) in [7, 11) is 0. The number of benzene rings is 2. The first kappa shape index (κ1) is 13.6. The summed E-state index contributed by atoms with van der Waals surface area (Å²) in [6.45, 7) is 0. The van der Waals surface area contributed by atoms with Crippen LogP contribution in [0, 0.1) is 5.82 Å². The smallest absolute Gasteiger partial charge is 0.258 e. The Balaban J connectivity index is 1.99. The Morgan fingerprint density at radius 1 is 1.00 bits per heavy atom. The topological polar surface area (TPSA) is 79.4 Å². The van der Waals surface area contributed by atoms with E-state index in [4.69, 9.17) is 9.63 Å². The van der Waals surface area contributed by atoms with Crippen LogP contribution in [0.5, 0.6) is 11.5 Å². The molecule has 0 saturated heterocycles. The third kappa shape index (κ3) is 2.59. The van der Waals surface area contributed by atoms with E-state index in [1.807, 2.05) is 0 Å². The van der Waals surface area contributed by atoms with Crippen molar-refractivity contribution in [1.82, 2.24) is 10.1 Å². The molecule has 2 aromatic carbocycles. The van der Waals surface area contributed by atoms with E-state index in [2.05, 4.69) is 26.1 Å². The largest absolute Gasteiger partial charge is 0.507 e. The van der Waals surface area contributed by atoms with Gasteiger partial charge in [0, 0.05) is 11.1 Å². The predicted molar refractivity (Wildman–Crippen MR) is 76.2 cm³/mol. The number of halogens is 2. The summed E-state index contributed by atoms with van der Waals surface area (Å²) in [6.07, 6.45) is 0. The minimum absolute atomic E-state index is 0.0444. The molecule has 0 spiro atoms. The van der Waals surface area contributed by atoms with Crippen LogP contribution in [0.4, 0.5) is 4.39 Å². The van der Waals surface area contributed by atoms with Gasteiger partial charge in [0.15, 0.2) is 11.6 Å². The molecule has 0 atom stereocenters. The molecule has 2 N–H and O–H groups in total. The van der Waals surface area contributed by atoms with Gasteiger partial charge in [0.05, 0.1) is 4.47 Å². The van der Waals surface area contributed by atoms with Crippen LogP contribution in [0.15, 0.2) is 45.4 Å². The lowest BCUT2D eigenvalue weighted by molar-refractivity contribution is 0.429. The summed E-state index contributed by atoms with van der Waals surface area (Å²) in [6, 6.07) is 8.62. The van der Waals surface area contributed by atoms with Gasteiger partial charge in [-0.1, -0.05) is 5.16 Å². The third-order valence-corrected chi connectivity index (χ3v) is 3.50. The Bertz CT molecular complexity index is 754. The van der Waals surface area contributed by atoms with E-state index in [1.165, 1.54) is 18.2 Å². The zero-order valence-electron chi connectivity index (χ0n) is 10.4. The lowest BCUT2D eigenvalue weighted by Crippen LogP contribution is -1.84. The number of nitrogens with zero attached hydrogens (tertiary/aromatic N) is 2. The molecule has 21 heavy (non-hydrogen) atoms. The van der Waals surface area contributed by atoms with Gasteiger partial charge in [-0.3, -0.25) is 0 Å². The summed E-state index contributed by atoms with van der Waals surface area (Å²) in [5.41, 5.74) is 0.912. The lowest BCUT2D eigenvalue weighted by Gasteiger charge is -1.98. The molecule has 3 rings (SSSR count). The number of rotatable bonds is 2. The van der Waals surface area contributed by atoms with Crippen LogP contribution in [0.2, 0.25) is 0 Å². The first-order valence-electron chi connectivity index (χ1n) is 5.86. The average Bonchev–Trinajstić information content (AvgIpc) is 2.94. The molecular weight excluding hydrogens is 343 g/mol. The standard InChI is InChI=1S/C14H8BrFN2O3/c15-9-3-1-8(6-12(9)20)14-17-13(18-21-14)7-2-4-11(19)10(16)5-7/h1-6,19-20H. The van der Waals surface area contributed by atoms with Crippen molar-refractivity contribution in [2.75, 3.05) is 0 Å². The molecule has 0 aliphatic carbocycles. The minimum atomic E-state index is -0.764. The van der Waals surface area contributed by atoms with Gasteiger partial charge in [0.25, 0.3) is 5.89 Å². The monoisotopic (exact) mass is 350 g/mol. The van der Waals surface area contributed by atoms with E-state index < -0.39 is 11.6 Å². The summed E-state index contributed by atoms with van der Waals surface area (Å²) in [5, 5.41) is 22.6. The van der Waals surface area contributed by atoms with Crippen molar-refractivity contribution < 1.29 is 19.1 Å². The fourth-order valence-corrected chi connectivity index (χ4v) is 2.00. The SMILES string of the molecule is Oc1ccc(-c2noc(-c3ccc(Br)c(O)c3)n2)cc1F.